The smallest absolute Gasteiger partial charge is 0.0583 e. The standard InChI is InChI=1S/C14H19ClN2O/c15-13-5-11(16)3-1-10(13)7-17-6-9-2-4-14(18)12(9)8-17/h1,3,5,9,12,14,18H,2,4,6-8,16H2. The van der Waals surface area contributed by atoms with Gasteiger partial charge in [0.25, 0.3) is 0 Å². The summed E-state index contributed by atoms with van der Waals surface area (Å²) in [5, 5.41) is 10.6. The van der Waals surface area contributed by atoms with Crippen LogP contribution >= 0.6 is 11.6 Å². The molecule has 0 amide bonds. The van der Waals surface area contributed by atoms with Gasteiger partial charge in [0.2, 0.25) is 0 Å². The lowest BCUT2D eigenvalue weighted by Gasteiger charge is -2.18. The van der Waals surface area contributed by atoms with Crippen molar-refractivity contribution in [2.75, 3.05) is 18.8 Å². The Kier molecular flexibility index (Phi) is 3.22. The number of anilines is 1. The normalized spacial score (nSPS) is 31.8. The molecule has 1 heterocycles. The van der Waals surface area contributed by atoms with Gasteiger partial charge in [0, 0.05) is 36.3 Å². The molecule has 3 atom stereocenters. The van der Waals surface area contributed by atoms with Crippen molar-refractivity contribution in [2.45, 2.75) is 25.5 Å². The van der Waals surface area contributed by atoms with Crippen LogP contribution in [0.5, 0.6) is 0 Å². The van der Waals surface area contributed by atoms with Gasteiger partial charge < -0.3 is 10.8 Å². The zero-order chi connectivity index (χ0) is 12.7. The van der Waals surface area contributed by atoms with Crippen molar-refractivity contribution < 1.29 is 5.11 Å². The Labute approximate surface area is 113 Å². The number of fused-ring (bicyclic) bond motifs is 1. The first-order chi connectivity index (χ1) is 8.63. The monoisotopic (exact) mass is 266 g/mol. The third kappa shape index (κ3) is 2.22. The minimum atomic E-state index is -0.0955. The van der Waals surface area contributed by atoms with Crippen molar-refractivity contribution in [3.05, 3.63) is 28.8 Å². The predicted molar refractivity (Wildman–Crippen MR) is 73.4 cm³/mol. The first kappa shape index (κ1) is 12.3. The summed E-state index contributed by atoms with van der Waals surface area (Å²) in [6.45, 7) is 2.94. The highest BCUT2D eigenvalue weighted by Gasteiger charge is 2.41. The molecule has 1 saturated heterocycles. The second kappa shape index (κ2) is 4.72. The van der Waals surface area contributed by atoms with Gasteiger partial charge in [-0.1, -0.05) is 17.7 Å². The first-order valence-electron chi connectivity index (χ1n) is 6.58. The molecule has 18 heavy (non-hydrogen) atoms. The van der Waals surface area contributed by atoms with Crippen molar-refractivity contribution >= 4 is 17.3 Å². The van der Waals surface area contributed by atoms with E-state index in [9.17, 15) is 5.11 Å². The second-order valence-corrected chi connectivity index (χ2v) is 6.02. The van der Waals surface area contributed by atoms with E-state index in [1.165, 1.54) is 0 Å². The summed E-state index contributed by atoms with van der Waals surface area (Å²) < 4.78 is 0. The molecule has 0 aromatic heterocycles. The molecule has 1 aliphatic heterocycles. The Hall–Kier alpha value is -0.770. The summed E-state index contributed by atoms with van der Waals surface area (Å²) in [5.41, 5.74) is 7.53. The van der Waals surface area contributed by atoms with Crippen molar-refractivity contribution in [1.82, 2.24) is 4.90 Å². The van der Waals surface area contributed by atoms with E-state index in [0.717, 1.165) is 43.1 Å². The Morgan fingerprint density at radius 2 is 2.17 bits per heavy atom. The fourth-order valence-electron chi connectivity index (χ4n) is 3.39. The quantitative estimate of drug-likeness (QED) is 0.807. The Balaban J connectivity index is 1.68. The molecule has 3 N–H and O–H groups in total. The number of nitrogens with two attached hydrogens (primary N) is 1. The Morgan fingerprint density at radius 1 is 1.33 bits per heavy atom. The number of aliphatic hydroxyl groups is 1. The third-order valence-corrected chi connectivity index (χ3v) is 4.72. The van der Waals surface area contributed by atoms with Crippen LogP contribution in [0.2, 0.25) is 5.02 Å². The average Bonchev–Trinajstić information content (AvgIpc) is 2.86. The fraction of sp³-hybridized carbons (Fsp3) is 0.571. The van der Waals surface area contributed by atoms with Crippen molar-refractivity contribution in [3.8, 4) is 0 Å². The van der Waals surface area contributed by atoms with Crippen LogP contribution in [-0.2, 0) is 6.54 Å². The van der Waals surface area contributed by atoms with Gasteiger partial charge in [0.15, 0.2) is 0 Å². The number of halogens is 1. The molecule has 1 saturated carbocycles. The van der Waals surface area contributed by atoms with Crippen LogP contribution in [0.25, 0.3) is 0 Å². The van der Waals surface area contributed by atoms with E-state index in [1.807, 2.05) is 18.2 Å². The first-order valence-corrected chi connectivity index (χ1v) is 6.95. The number of aliphatic hydroxyl groups excluding tert-OH is 1. The van der Waals surface area contributed by atoms with Crippen LogP contribution in [-0.4, -0.2) is 29.2 Å². The molecule has 4 heteroatoms. The maximum Gasteiger partial charge on any atom is 0.0583 e. The third-order valence-electron chi connectivity index (χ3n) is 4.37. The van der Waals surface area contributed by atoms with Gasteiger partial charge in [-0.15, -0.1) is 0 Å². The van der Waals surface area contributed by atoms with Gasteiger partial charge in [0.1, 0.15) is 0 Å². The highest BCUT2D eigenvalue weighted by atomic mass is 35.5. The Morgan fingerprint density at radius 3 is 2.89 bits per heavy atom. The molecular formula is C14H19ClN2O. The topological polar surface area (TPSA) is 49.5 Å². The van der Waals surface area contributed by atoms with Gasteiger partial charge in [-0.2, -0.15) is 0 Å². The van der Waals surface area contributed by atoms with Crippen LogP contribution in [0.4, 0.5) is 5.69 Å². The number of hydrogen-bond donors (Lipinski definition) is 2. The lowest BCUT2D eigenvalue weighted by atomic mass is 10.00. The van der Waals surface area contributed by atoms with Crippen LogP contribution in [0.1, 0.15) is 18.4 Å². The maximum atomic E-state index is 9.90. The lowest BCUT2D eigenvalue weighted by Crippen LogP contribution is -2.24. The van der Waals surface area contributed by atoms with E-state index in [4.69, 9.17) is 17.3 Å². The van der Waals surface area contributed by atoms with Gasteiger partial charge >= 0.3 is 0 Å². The van der Waals surface area contributed by atoms with E-state index < -0.39 is 0 Å². The summed E-state index contributed by atoms with van der Waals surface area (Å²) in [6.07, 6.45) is 2.05. The van der Waals surface area contributed by atoms with Gasteiger partial charge in [-0.25, -0.2) is 0 Å². The van der Waals surface area contributed by atoms with E-state index in [2.05, 4.69) is 4.90 Å². The molecule has 0 spiro atoms. The molecule has 1 aromatic carbocycles. The molecule has 1 aliphatic carbocycles. The molecule has 3 rings (SSSR count). The van der Waals surface area contributed by atoms with E-state index in [-0.39, 0.29) is 6.10 Å². The number of nitrogens with zero attached hydrogens (tertiary/aromatic N) is 1. The predicted octanol–water partition coefficient (Wildman–Crippen LogP) is 2.12. The number of nitrogen functional groups attached to an aromatic ring is 1. The van der Waals surface area contributed by atoms with E-state index >= 15 is 0 Å². The average molecular weight is 267 g/mol. The molecule has 0 bridgehead atoms. The molecule has 98 valence electrons. The summed E-state index contributed by atoms with van der Waals surface area (Å²) in [4.78, 5) is 2.40. The zero-order valence-electron chi connectivity index (χ0n) is 10.3. The van der Waals surface area contributed by atoms with Gasteiger partial charge in [0.05, 0.1) is 6.10 Å². The second-order valence-electron chi connectivity index (χ2n) is 5.61. The maximum absolute atomic E-state index is 9.90. The van der Waals surface area contributed by atoms with Crippen LogP contribution in [0, 0.1) is 11.8 Å². The summed E-state index contributed by atoms with van der Waals surface area (Å²) in [5.74, 6) is 1.14. The van der Waals surface area contributed by atoms with Crippen LogP contribution in [0.3, 0.4) is 0 Å². The van der Waals surface area contributed by atoms with E-state index in [1.54, 1.807) is 0 Å². The largest absolute Gasteiger partial charge is 0.399 e. The number of rotatable bonds is 2. The summed E-state index contributed by atoms with van der Waals surface area (Å²) in [7, 11) is 0. The molecule has 1 aromatic rings. The summed E-state index contributed by atoms with van der Waals surface area (Å²) in [6, 6.07) is 5.71. The number of likely N-dealkylation sites (tertiary alicyclic amines) is 1. The van der Waals surface area contributed by atoms with Crippen molar-refractivity contribution in [2.24, 2.45) is 11.8 Å². The van der Waals surface area contributed by atoms with Gasteiger partial charge in [-0.05, 0) is 36.5 Å². The molecule has 3 nitrogen and oxygen atoms in total. The minimum absolute atomic E-state index is 0.0955. The number of benzene rings is 1. The molecular weight excluding hydrogens is 248 g/mol. The fourth-order valence-corrected chi connectivity index (χ4v) is 3.64. The highest BCUT2D eigenvalue weighted by Crippen LogP contribution is 2.38. The van der Waals surface area contributed by atoms with E-state index in [0.29, 0.717) is 17.5 Å². The summed E-state index contributed by atoms with van der Waals surface area (Å²) >= 11 is 6.20. The molecule has 0 radical (unpaired) electrons. The minimum Gasteiger partial charge on any atom is -0.399 e. The van der Waals surface area contributed by atoms with Gasteiger partial charge in [-0.3, -0.25) is 4.90 Å². The highest BCUT2D eigenvalue weighted by molar-refractivity contribution is 6.31. The van der Waals surface area contributed by atoms with Crippen molar-refractivity contribution in [1.29, 1.82) is 0 Å². The van der Waals surface area contributed by atoms with Crippen LogP contribution in [0.15, 0.2) is 18.2 Å². The molecule has 2 aliphatic rings. The SMILES string of the molecule is Nc1ccc(CN2CC3CCC(O)C3C2)c(Cl)c1. The lowest BCUT2D eigenvalue weighted by molar-refractivity contribution is 0.123. The zero-order valence-corrected chi connectivity index (χ0v) is 11.1. The Bertz CT molecular complexity index is 451. The van der Waals surface area contributed by atoms with Crippen LogP contribution < -0.4 is 5.73 Å². The molecule has 2 fully saturated rings. The molecule has 3 unspecified atom stereocenters. The van der Waals surface area contributed by atoms with Crippen molar-refractivity contribution in [3.63, 3.8) is 0 Å². The number of hydrogen-bond acceptors (Lipinski definition) is 3.